The predicted molar refractivity (Wildman–Crippen MR) is 65.3 cm³/mol. The fourth-order valence-corrected chi connectivity index (χ4v) is 0.664. The first kappa shape index (κ1) is 18.5. The van der Waals surface area contributed by atoms with Crippen LogP contribution >= 0.6 is 0 Å². The molecule has 0 atom stereocenters. The average molecular weight is 187 g/mol. The smallest absolute Gasteiger partial charge is 0.0160 e. The van der Waals surface area contributed by atoms with Gasteiger partial charge in [0.1, 0.15) is 0 Å². The molecule has 0 bridgehead atoms. The summed E-state index contributed by atoms with van der Waals surface area (Å²) in [5.74, 6) is 0. The maximum atomic E-state index is 3.65. The molecule has 0 aromatic heterocycles. The summed E-state index contributed by atoms with van der Waals surface area (Å²) in [7, 11) is 0. The molecule has 0 aliphatic carbocycles. The Balaban J connectivity index is -0.000000169. The molecule has 0 aromatic carbocycles. The van der Waals surface area contributed by atoms with Gasteiger partial charge in [0.25, 0.3) is 0 Å². The van der Waals surface area contributed by atoms with Crippen molar-refractivity contribution in [1.29, 1.82) is 0 Å². The molecule has 0 spiro atoms. The molecule has 82 valence electrons. The fraction of sp³-hybridized carbons (Fsp3) is 0.833. The van der Waals surface area contributed by atoms with Gasteiger partial charge in [0.05, 0.1) is 0 Å². The highest BCUT2D eigenvalue weighted by molar-refractivity contribution is 4.71. The van der Waals surface area contributed by atoms with Gasteiger partial charge in [0, 0.05) is 6.54 Å². The zero-order chi connectivity index (χ0) is 11.1. The minimum atomic E-state index is 1.02. The maximum absolute atomic E-state index is 3.65. The van der Waals surface area contributed by atoms with Gasteiger partial charge in [-0.25, -0.2) is 0 Å². The largest absolute Gasteiger partial charge is 0.300 e. The van der Waals surface area contributed by atoms with E-state index in [0.29, 0.717) is 0 Å². The molecule has 0 fully saturated rings. The van der Waals surface area contributed by atoms with Gasteiger partial charge in [-0.05, 0) is 13.1 Å². The zero-order valence-electron chi connectivity index (χ0n) is 10.6. The van der Waals surface area contributed by atoms with Crippen LogP contribution in [0.25, 0.3) is 0 Å². The van der Waals surface area contributed by atoms with Crippen molar-refractivity contribution in [3.8, 4) is 0 Å². The minimum Gasteiger partial charge on any atom is -0.300 e. The van der Waals surface area contributed by atoms with E-state index < -0.39 is 0 Å². The highest BCUT2D eigenvalue weighted by Gasteiger charge is 1.90. The predicted octanol–water partition coefficient (Wildman–Crippen LogP) is 3.96. The molecule has 0 rings (SSSR count). The lowest BCUT2D eigenvalue weighted by molar-refractivity contribution is 0.337. The van der Waals surface area contributed by atoms with E-state index in [2.05, 4.69) is 39.2 Å². The van der Waals surface area contributed by atoms with Gasteiger partial charge >= 0.3 is 0 Å². The molecule has 0 aliphatic rings. The Morgan fingerprint density at radius 1 is 1.00 bits per heavy atom. The van der Waals surface area contributed by atoms with Crippen molar-refractivity contribution >= 4 is 0 Å². The number of likely N-dealkylation sites (N-methyl/N-ethyl adjacent to an activating group) is 1. The number of rotatable bonds is 4. The summed E-state index contributed by atoms with van der Waals surface area (Å²) >= 11 is 0. The van der Waals surface area contributed by atoms with Crippen LogP contribution in [-0.2, 0) is 0 Å². The van der Waals surface area contributed by atoms with E-state index in [1.54, 1.807) is 0 Å². The van der Waals surface area contributed by atoms with Crippen molar-refractivity contribution in [2.24, 2.45) is 0 Å². The Kier molecular flexibility index (Phi) is 32.1. The standard InChI is InChI=1S/C7H15N.C3H8.C2H6/c1-4-7-8(5-2)6-3;1-3-2;1-2/h4H,1,5-7H2,2-3H3;3H2,1-2H3;1-2H3. The van der Waals surface area contributed by atoms with Crippen LogP contribution < -0.4 is 0 Å². The van der Waals surface area contributed by atoms with Crippen LogP contribution in [0, 0.1) is 0 Å². The van der Waals surface area contributed by atoms with E-state index in [4.69, 9.17) is 0 Å². The zero-order valence-corrected chi connectivity index (χ0v) is 10.6. The molecule has 1 heteroatoms. The van der Waals surface area contributed by atoms with E-state index in [0.717, 1.165) is 19.6 Å². The Bertz CT molecular complexity index is 65.5. The van der Waals surface area contributed by atoms with Crippen molar-refractivity contribution < 1.29 is 0 Å². The Morgan fingerprint density at radius 3 is 1.38 bits per heavy atom. The molecule has 0 unspecified atom stereocenters. The lowest BCUT2D eigenvalue weighted by atomic mass is 10.5. The van der Waals surface area contributed by atoms with Crippen molar-refractivity contribution in [2.45, 2.75) is 48.0 Å². The fourth-order valence-electron chi connectivity index (χ4n) is 0.664. The van der Waals surface area contributed by atoms with Crippen LogP contribution in [0.3, 0.4) is 0 Å². The van der Waals surface area contributed by atoms with Crippen molar-refractivity contribution in [1.82, 2.24) is 4.90 Å². The van der Waals surface area contributed by atoms with Crippen molar-refractivity contribution in [2.75, 3.05) is 19.6 Å². The van der Waals surface area contributed by atoms with Crippen LogP contribution in [0.5, 0.6) is 0 Å². The third-order valence-corrected chi connectivity index (χ3v) is 1.28. The number of nitrogens with zero attached hydrogens (tertiary/aromatic N) is 1. The molecule has 0 N–H and O–H groups in total. The Labute approximate surface area is 85.8 Å². The SMILES string of the molecule is C=CCN(CC)CC.CC.CCC. The third kappa shape index (κ3) is 24.5. The number of hydrogen-bond donors (Lipinski definition) is 0. The minimum absolute atomic E-state index is 1.02. The summed E-state index contributed by atoms with van der Waals surface area (Å²) in [5, 5.41) is 0. The van der Waals surface area contributed by atoms with Crippen LogP contribution in [-0.4, -0.2) is 24.5 Å². The Hall–Kier alpha value is -0.300. The topological polar surface area (TPSA) is 3.24 Å². The van der Waals surface area contributed by atoms with Crippen molar-refractivity contribution in [3.05, 3.63) is 12.7 Å². The van der Waals surface area contributed by atoms with E-state index in [-0.39, 0.29) is 0 Å². The van der Waals surface area contributed by atoms with Gasteiger partial charge in [-0.15, -0.1) is 6.58 Å². The molecule has 0 aliphatic heterocycles. The molecule has 0 heterocycles. The van der Waals surface area contributed by atoms with E-state index >= 15 is 0 Å². The van der Waals surface area contributed by atoms with E-state index in [9.17, 15) is 0 Å². The second-order valence-corrected chi connectivity index (χ2v) is 2.48. The summed E-state index contributed by atoms with van der Waals surface area (Å²) < 4.78 is 0. The summed E-state index contributed by atoms with van der Waals surface area (Å²) in [5.41, 5.74) is 0. The van der Waals surface area contributed by atoms with Gasteiger partial charge in [0.2, 0.25) is 0 Å². The highest BCUT2D eigenvalue weighted by Crippen LogP contribution is 1.84. The normalized spacial score (nSPS) is 7.92. The van der Waals surface area contributed by atoms with Gasteiger partial charge < -0.3 is 4.90 Å². The van der Waals surface area contributed by atoms with Gasteiger partial charge in [-0.3, -0.25) is 0 Å². The van der Waals surface area contributed by atoms with Crippen LogP contribution in [0.2, 0.25) is 0 Å². The van der Waals surface area contributed by atoms with Crippen LogP contribution in [0.15, 0.2) is 12.7 Å². The quantitative estimate of drug-likeness (QED) is 0.602. The first-order valence-electron chi connectivity index (χ1n) is 5.59. The summed E-state index contributed by atoms with van der Waals surface area (Å²) in [6, 6.07) is 0. The van der Waals surface area contributed by atoms with E-state index in [1.807, 2.05) is 19.9 Å². The molecular weight excluding hydrogens is 158 g/mol. The third-order valence-electron chi connectivity index (χ3n) is 1.28. The lowest BCUT2D eigenvalue weighted by Gasteiger charge is -2.14. The van der Waals surface area contributed by atoms with Crippen LogP contribution in [0.1, 0.15) is 48.0 Å². The second-order valence-electron chi connectivity index (χ2n) is 2.48. The first-order chi connectivity index (χ1) is 6.26. The molecule has 0 radical (unpaired) electrons. The van der Waals surface area contributed by atoms with Gasteiger partial charge in [-0.1, -0.05) is 54.0 Å². The second kappa shape index (κ2) is 22.6. The van der Waals surface area contributed by atoms with E-state index in [1.165, 1.54) is 6.42 Å². The summed E-state index contributed by atoms with van der Waals surface area (Å²) in [4.78, 5) is 2.31. The van der Waals surface area contributed by atoms with Gasteiger partial charge in [-0.2, -0.15) is 0 Å². The van der Waals surface area contributed by atoms with Crippen LogP contribution in [0.4, 0.5) is 0 Å². The summed E-state index contributed by atoms with van der Waals surface area (Å²) in [6.07, 6.45) is 3.19. The maximum Gasteiger partial charge on any atom is 0.0160 e. The Morgan fingerprint density at radius 2 is 1.31 bits per heavy atom. The molecule has 0 saturated heterocycles. The molecule has 0 aromatic rings. The monoisotopic (exact) mass is 187 g/mol. The van der Waals surface area contributed by atoms with Crippen molar-refractivity contribution in [3.63, 3.8) is 0 Å². The average Bonchev–Trinajstić information content (AvgIpc) is 2.18. The first-order valence-corrected chi connectivity index (χ1v) is 5.59. The molecule has 13 heavy (non-hydrogen) atoms. The molecular formula is C12H29N. The number of hydrogen-bond acceptors (Lipinski definition) is 1. The molecule has 0 saturated carbocycles. The lowest BCUT2D eigenvalue weighted by Crippen LogP contribution is -2.22. The highest BCUT2D eigenvalue weighted by atomic mass is 15.1. The molecule has 1 nitrogen and oxygen atoms in total. The molecule has 0 amide bonds. The summed E-state index contributed by atoms with van der Waals surface area (Å²) in [6.45, 7) is 19.5. The van der Waals surface area contributed by atoms with Gasteiger partial charge in [0.15, 0.2) is 0 Å².